The highest BCUT2D eigenvalue weighted by Crippen LogP contribution is 2.25. The van der Waals surface area contributed by atoms with Crippen LogP contribution in [0.1, 0.15) is 18.1 Å². The van der Waals surface area contributed by atoms with E-state index in [0.717, 1.165) is 16.8 Å². The quantitative estimate of drug-likeness (QED) is 0.522. The topological polar surface area (TPSA) is 58.7 Å². The molecule has 0 saturated heterocycles. The molecule has 1 atom stereocenters. The van der Waals surface area contributed by atoms with Gasteiger partial charge in [-0.3, -0.25) is 9.36 Å². The number of aryl methyl sites for hydroxylation is 2. The van der Waals surface area contributed by atoms with E-state index in [-0.39, 0.29) is 11.5 Å². The minimum absolute atomic E-state index is 0.0790. The third kappa shape index (κ3) is 3.45. The zero-order valence-electron chi connectivity index (χ0n) is 14.5. The van der Waals surface area contributed by atoms with Crippen LogP contribution in [0.2, 0.25) is 0 Å². The van der Waals surface area contributed by atoms with Gasteiger partial charge >= 0.3 is 0 Å². The molecule has 0 fully saturated rings. The van der Waals surface area contributed by atoms with Crippen LogP contribution in [0.25, 0.3) is 16.6 Å². The number of fused-ring (bicyclic) bond motifs is 1. The normalized spacial score (nSPS) is 12.1. The van der Waals surface area contributed by atoms with E-state index in [1.54, 1.807) is 10.6 Å². The molecule has 0 saturated carbocycles. The maximum absolute atomic E-state index is 13.1. The van der Waals surface area contributed by atoms with Gasteiger partial charge in [-0.05, 0) is 44.5 Å². The van der Waals surface area contributed by atoms with Gasteiger partial charge in [0.1, 0.15) is 0 Å². The average molecular weight is 349 g/mol. The van der Waals surface area contributed by atoms with E-state index in [0.29, 0.717) is 21.8 Å². The molecule has 3 aromatic rings. The Morgan fingerprint density at radius 3 is 2.72 bits per heavy atom. The summed E-state index contributed by atoms with van der Waals surface area (Å²) < 4.78 is 1.67. The molecule has 3 rings (SSSR count). The molecule has 25 heavy (non-hydrogen) atoms. The molecule has 0 bridgehead atoms. The molecule has 1 aromatic heterocycles. The van der Waals surface area contributed by atoms with Crippen molar-refractivity contribution >= 4 is 22.7 Å². The Labute approximate surface area is 151 Å². The molecular weight excluding hydrogens is 330 g/mol. The van der Waals surface area contributed by atoms with E-state index >= 15 is 0 Å². The zero-order valence-corrected chi connectivity index (χ0v) is 15.3. The first-order valence-corrected chi connectivity index (χ1v) is 9.11. The number of para-hydroxylation sites is 1. The predicted molar refractivity (Wildman–Crippen MR) is 102 cm³/mol. The first-order valence-electron chi connectivity index (χ1n) is 8.13. The molecule has 1 heterocycles. The van der Waals surface area contributed by atoms with Crippen LogP contribution in [0.5, 0.6) is 0 Å². The van der Waals surface area contributed by atoms with Gasteiger partial charge < -0.3 is 0 Å². The fourth-order valence-electron chi connectivity index (χ4n) is 2.71. The predicted octanol–water partition coefficient (Wildman–Crippen LogP) is 4.25. The summed E-state index contributed by atoms with van der Waals surface area (Å²) in [7, 11) is 0. The van der Waals surface area contributed by atoms with Gasteiger partial charge in [-0.25, -0.2) is 4.98 Å². The molecule has 4 nitrogen and oxygen atoms in total. The molecule has 0 aliphatic heterocycles. The molecular formula is C20H19N3OS. The number of aromatic nitrogens is 2. The fourth-order valence-corrected chi connectivity index (χ4v) is 3.66. The van der Waals surface area contributed by atoms with E-state index in [9.17, 15) is 4.79 Å². The average Bonchev–Trinajstić information content (AvgIpc) is 2.61. The van der Waals surface area contributed by atoms with E-state index in [1.807, 2.05) is 51.1 Å². The van der Waals surface area contributed by atoms with Crippen LogP contribution >= 0.6 is 11.8 Å². The number of hydrogen-bond donors (Lipinski definition) is 0. The van der Waals surface area contributed by atoms with Crippen molar-refractivity contribution in [2.75, 3.05) is 5.75 Å². The van der Waals surface area contributed by atoms with Gasteiger partial charge in [-0.2, -0.15) is 5.26 Å². The van der Waals surface area contributed by atoms with Gasteiger partial charge in [0.2, 0.25) is 0 Å². The largest absolute Gasteiger partial charge is 0.268 e. The molecule has 2 aromatic carbocycles. The Morgan fingerprint density at radius 1 is 1.24 bits per heavy atom. The highest BCUT2D eigenvalue weighted by atomic mass is 32.2. The van der Waals surface area contributed by atoms with Crippen LogP contribution in [-0.4, -0.2) is 15.3 Å². The summed E-state index contributed by atoms with van der Waals surface area (Å²) in [5.41, 5.74) is 3.61. The van der Waals surface area contributed by atoms with E-state index in [1.165, 1.54) is 11.8 Å². The number of nitrogens with zero attached hydrogens (tertiary/aromatic N) is 3. The molecule has 126 valence electrons. The van der Waals surface area contributed by atoms with Crippen LogP contribution in [0.4, 0.5) is 0 Å². The maximum Gasteiger partial charge on any atom is 0.266 e. The van der Waals surface area contributed by atoms with Crippen LogP contribution in [0, 0.1) is 31.1 Å². The Hall–Kier alpha value is -2.58. The molecule has 0 aliphatic carbocycles. The lowest BCUT2D eigenvalue weighted by atomic mass is 10.1. The second-order valence-corrected chi connectivity index (χ2v) is 7.17. The number of nitriles is 1. The number of hydrogen-bond acceptors (Lipinski definition) is 4. The molecule has 0 spiro atoms. The maximum atomic E-state index is 13.1. The highest BCUT2D eigenvalue weighted by Gasteiger charge is 2.15. The summed E-state index contributed by atoms with van der Waals surface area (Å²) in [4.78, 5) is 17.8. The summed E-state index contributed by atoms with van der Waals surface area (Å²) in [6.07, 6.45) is 0. The van der Waals surface area contributed by atoms with Crippen LogP contribution < -0.4 is 5.56 Å². The fraction of sp³-hybridized carbons (Fsp3) is 0.250. The molecule has 0 unspecified atom stereocenters. The first kappa shape index (κ1) is 17.2. The van der Waals surface area contributed by atoms with Crippen molar-refractivity contribution in [3.05, 3.63) is 63.9 Å². The van der Waals surface area contributed by atoms with Gasteiger partial charge in [0.15, 0.2) is 5.16 Å². The SMILES string of the molecule is Cc1ccc(-n2c(SC[C@H](C)C#N)nc3ccccc3c2=O)c(C)c1. The van der Waals surface area contributed by atoms with Gasteiger partial charge in [0.05, 0.1) is 28.6 Å². The van der Waals surface area contributed by atoms with E-state index < -0.39 is 0 Å². The number of thioether (sulfide) groups is 1. The summed E-state index contributed by atoms with van der Waals surface area (Å²) in [6, 6.07) is 15.6. The number of rotatable bonds is 4. The Bertz CT molecular complexity index is 1030. The molecule has 0 radical (unpaired) electrons. The second kappa shape index (κ2) is 7.12. The Morgan fingerprint density at radius 2 is 2.00 bits per heavy atom. The van der Waals surface area contributed by atoms with Crippen LogP contribution in [-0.2, 0) is 0 Å². The molecule has 0 aliphatic rings. The second-order valence-electron chi connectivity index (χ2n) is 6.18. The monoisotopic (exact) mass is 349 g/mol. The van der Waals surface area contributed by atoms with Crippen molar-refractivity contribution in [2.24, 2.45) is 5.92 Å². The van der Waals surface area contributed by atoms with Gasteiger partial charge in [-0.1, -0.05) is 41.6 Å². The van der Waals surface area contributed by atoms with Crippen molar-refractivity contribution in [3.63, 3.8) is 0 Å². The molecule has 0 N–H and O–H groups in total. The molecule has 0 amide bonds. The van der Waals surface area contributed by atoms with E-state index in [4.69, 9.17) is 10.2 Å². The van der Waals surface area contributed by atoms with E-state index in [2.05, 4.69) is 12.1 Å². The van der Waals surface area contributed by atoms with Crippen LogP contribution in [0.15, 0.2) is 52.4 Å². The summed E-state index contributed by atoms with van der Waals surface area (Å²) in [5.74, 6) is 0.479. The standard InChI is InChI=1S/C20H19N3OS/c1-13-8-9-18(15(3)10-13)23-19(24)16-6-4-5-7-17(16)22-20(23)25-12-14(2)11-21/h4-10,14H,12H2,1-3H3/t14-/m1/s1. The van der Waals surface area contributed by atoms with Crippen molar-refractivity contribution in [2.45, 2.75) is 25.9 Å². The Kier molecular flexibility index (Phi) is 4.91. The summed E-state index contributed by atoms with van der Waals surface area (Å²) in [6.45, 7) is 5.90. The van der Waals surface area contributed by atoms with Gasteiger partial charge in [0.25, 0.3) is 5.56 Å². The smallest absolute Gasteiger partial charge is 0.266 e. The van der Waals surface area contributed by atoms with Crippen molar-refractivity contribution in [1.29, 1.82) is 5.26 Å². The highest BCUT2D eigenvalue weighted by molar-refractivity contribution is 7.99. The minimum Gasteiger partial charge on any atom is -0.268 e. The van der Waals surface area contributed by atoms with Gasteiger partial charge in [0, 0.05) is 5.75 Å². The Balaban J connectivity index is 2.25. The van der Waals surface area contributed by atoms with Crippen molar-refractivity contribution < 1.29 is 0 Å². The van der Waals surface area contributed by atoms with Crippen molar-refractivity contribution in [3.8, 4) is 11.8 Å². The third-order valence-electron chi connectivity index (χ3n) is 4.02. The van der Waals surface area contributed by atoms with Gasteiger partial charge in [-0.15, -0.1) is 0 Å². The molecule has 5 heteroatoms. The lowest BCUT2D eigenvalue weighted by Crippen LogP contribution is -2.22. The zero-order chi connectivity index (χ0) is 18.0. The van der Waals surface area contributed by atoms with Crippen LogP contribution in [0.3, 0.4) is 0 Å². The summed E-state index contributed by atoms with van der Waals surface area (Å²) in [5, 5.41) is 10.3. The summed E-state index contributed by atoms with van der Waals surface area (Å²) >= 11 is 1.45. The van der Waals surface area contributed by atoms with Crippen molar-refractivity contribution in [1.82, 2.24) is 9.55 Å². The lowest BCUT2D eigenvalue weighted by Gasteiger charge is -2.16. The first-order chi connectivity index (χ1) is 12.0. The third-order valence-corrected chi connectivity index (χ3v) is 5.22. The lowest BCUT2D eigenvalue weighted by molar-refractivity contribution is 0.803. The number of benzene rings is 2. The minimum atomic E-state index is -0.110.